The van der Waals surface area contributed by atoms with Crippen LogP contribution in [-0.4, -0.2) is 53.4 Å². The van der Waals surface area contributed by atoms with E-state index in [9.17, 15) is 4.79 Å². The van der Waals surface area contributed by atoms with Gasteiger partial charge in [-0.2, -0.15) is 0 Å². The predicted octanol–water partition coefficient (Wildman–Crippen LogP) is 3.99. The van der Waals surface area contributed by atoms with Crippen molar-refractivity contribution in [3.05, 3.63) is 65.9 Å². The molecule has 0 N–H and O–H groups in total. The molecule has 5 nitrogen and oxygen atoms in total. The van der Waals surface area contributed by atoms with Crippen LogP contribution in [0.4, 0.5) is 0 Å². The highest BCUT2D eigenvalue weighted by Gasteiger charge is 2.23. The number of rotatable bonds is 5. The number of nitrogens with zero attached hydrogens (tertiary/aromatic N) is 3. The van der Waals surface area contributed by atoms with E-state index in [0.29, 0.717) is 17.2 Å². The van der Waals surface area contributed by atoms with E-state index in [1.807, 2.05) is 35.2 Å². The van der Waals surface area contributed by atoms with Gasteiger partial charge in [-0.15, -0.1) is 0 Å². The SMILES string of the molecule is CC(C)=CCN1CCCN(C(=O)c2cccnc2Oc2ccccc2)CC1. The van der Waals surface area contributed by atoms with Gasteiger partial charge in [-0.1, -0.05) is 29.8 Å². The summed E-state index contributed by atoms with van der Waals surface area (Å²) in [6.07, 6.45) is 4.86. The third kappa shape index (κ3) is 5.41. The Balaban J connectivity index is 1.70. The number of carbonyl (C=O) groups is 1. The number of amides is 1. The second-order valence-corrected chi connectivity index (χ2v) is 7.00. The first-order valence-corrected chi connectivity index (χ1v) is 9.46. The molecule has 2 heterocycles. The summed E-state index contributed by atoms with van der Waals surface area (Å²) >= 11 is 0. The minimum absolute atomic E-state index is 0.0157. The number of pyridine rings is 1. The summed E-state index contributed by atoms with van der Waals surface area (Å²) < 4.78 is 5.86. The largest absolute Gasteiger partial charge is 0.438 e. The molecular weight excluding hydrogens is 338 g/mol. The third-order valence-corrected chi connectivity index (χ3v) is 4.59. The standard InChI is InChI=1S/C22H27N3O2/c1-18(2)11-15-24-13-7-14-25(17-16-24)22(26)20-10-6-12-23-21(20)27-19-8-4-3-5-9-19/h3-6,8-12H,7,13-17H2,1-2H3. The molecule has 0 spiro atoms. The number of aromatic nitrogens is 1. The summed E-state index contributed by atoms with van der Waals surface area (Å²) in [5, 5.41) is 0. The average Bonchev–Trinajstić information content (AvgIpc) is 2.93. The molecule has 5 heteroatoms. The topological polar surface area (TPSA) is 45.7 Å². The molecule has 1 amide bonds. The molecule has 142 valence electrons. The molecule has 0 bridgehead atoms. The minimum atomic E-state index is -0.0157. The highest BCUT2D eigenvalue weighted by molar-refractivity contribution is 5.96. The van der Waals surface area contributed by atoms with Gasteiger partial charge in [-0.05, 0) is 44.5 Å². The zero-order valence-corrected chi connectivity index (χ0v) is 16.1. The van der Waals surface area contributed by atoms with E-state index in [4.69, 9.17) is 4.74 Å². The third-order valence-electron chi connectivity index (χ3n) is 4.59. The van der Waals surface area contributed by atoms with Crippen molar-refractivity contribution >= 4 is 5.91 Å². The number of hydrogen-bond acceptors (Lipinski definition) is 4. The predicted molar refractivity (Wildman–Crippen MR) is 107 cm³/mol. The zero-order chi connectivity index (χ0) is 19.1. The van der Waals surface area contributed by atoms with Gasteiger partial charge in [0.2, 0.25) is 5.88 Å². The molecule has 1 aromatic heterocycles. The van der Waals surface area contributed by atoms with Crippen molar-refractivity contribution in [3.8, 4) is 11.6 Å². The van der Waals surface area contributed by atoms with Gasteiger partial charge >= 0.3 is 0 Å². The van der Waals surface area contributed by atoms with E-state index in [-0.39, 0.29) is 5.91 Å². The van der Waals surface area contributed by atoms with Crippen LogP contribution in [0.1, 0.15) is 30.6 Å². The van der Waals surface area contributed by atoms with Crippen molar-refractivity contribution in [3.63, 3.8) is 0 Å². The molecule has 1 aliphatic rings. The fourth-order valence-electron chi connectivity index (χ4n) is 3.07. The van der Waals surface area contributed by atoms with Crippen molar-refractivity contribution in [2.24, 2.45) is 0 Å². The molecule has 1 saturated heterocycles. The lowest BCUT2D eigenvalue weighted by atomic mass is 10.2. The number of allylic oxidation sites excluding steroid dienone is 1. The number of carbonyl (C=O) groups excluding carboxylic acids is 1. The first-order chi connectivity index (χ1) is 13.1. The molecule has 3 rings (SSSR count). The van der Waals surface area contributed by atoms with Crippen molar-refractivity contribution in [1.29, 1.82) is 0 Å². The molecule has 2 aromatic rings. The molecule has 0 unspecified atom stereocenters. The van der Waals surface area contributed by atoms with Crippen molar-refractivity contribution in [2.75, 3.05) is 32.7 Å². The normalized spacial score (nSPS) is 15.1. The zero-order valence-electron chi connectivity index (χ0n) is 16.1. The number of ether oxygens (including phenoxy) is 1. The fraction of sp³-hybridized carbons (Fsp3) is 0.364. The number of para-hydroxylation sites is 1. The summed E-state index contributed by atoms with van der Waals surface area (Å²) in [6.45, 7) is 8.53. The van der Waals surface area contributed by atoms with Gasteiger partial charge in [0.15, 0.2) is 0 Å². The number of hydrogen-bond donors (Lipinski definition) is 0. The highest BCUT2D eigenvalue weighted by Crippen LogP contribution is 2.24. The molecule has 0 atom stereocenters. The van der Waals surface area contributed by atoms with Crippen LogP contribution in [0.2, 0.25) is 0 Å². The van der Waals surface area contributed by atoms with Crippen LogP contribution in [-0.2, 0) is 0 Å². The molecular formula is C22H27N3O2. The molecule has 0 aliphatic carbocycles. The van der Waals surface area contributed by atoms with Gasteiger partial charge in [0.05, 0.1) is 0 Å². The smallest absolute Gasteiger partial charge is 0.259 e. The maximum absolute atomic E-state index is 13.1. The molecule has 1 aromatic carbocycles. The van der Waals surface area contributed by atoms with Gasteiger partial charge < -0.3 is 9.64 Å². The quantitative estimate of drug-likeness (QED) is 0.752. The Bertz CT molecular complexity index is 785. The Hall–Kier alpha value is -2.66. The minimum Gasteiger partial charge on any atom is -0.438 e. The Labute approximate surface area is 161 Å². The van der Waals surface area contributed by atoms with Crippen molar-refractivity contribution in [2.45, 2.75) is 20.3 Å². The van der Waals surface area contributed by atoms with Gasteiger partial charge in [-0.25, -0.2) is 4.98 Å². The Morgan fingerprint density at radius 2 is 1.89 bits per heavy atom. The van der Waals surface area contributed by atoms with Crippen LogP contribution in [0.15, 0.2) is 60.3 Å². The van der Waals surface area contributed by atoms with Crippen LogP contribution in [0, 0.1) is 0 Å². The van der Waals surface area contributed by atoms with Gasteiger partial charge in [0, 0.05) is 38.9 Å². The maximum Gasteiger partial charge on any atom is 0.259 e. The Morgan fingerprint density at radius 1 is 1.07 bits per heavy atom. The van der Waals surface area contributed by atoms with Crippen LogP contribution in [0.5, 0.6) is 11.6 Å². The first-order valence-electron chi connectivity index (χ1n) is 9.46. The summed E-state index contributed by atoms with van der Waals surface area (Å²) in [5.41, 5.74) is 1.84. The van der Waals surface area contributed by atoms with Gasteiger partial charge in [0.25, 0.3) is 5.91 Å². The second-order valence-electron chi connectivity index (χ2n) is 7.00. The van der Waals surface area contributed by atoms with Crippen LogP contribution in [0.3, 0.4) is 0 Å². The summed E-state index contributed by atoms with van der Waals surface area (Å²) in [4.78, 5) is 21.7. The monoisotopic (exact) mass is 365 g/mol. The lowest BCUT2D eigenvalue weighted by Crippen LogP contribution is -2.35. The Kier molecular flexibility index (Phi) is 6.60. The van der Waals surface area contributed by atoms with E-state index < -0.39 is 0 Å². The summed E-state index contributed by atoms with van der Waals surface area (Å²) in [5.74, 6) is 1.02. The molecule has 0 radical (unpaired) electrons. The maximum atomic E-state index is 13.1. The van der Waals surface area contributed by atoms with E-state index in [2.05, 4.69) is 29.8 Å². The second kappa shape index (κ2) is 9.33. The molecule has 0 saturated carbocycles. The van der Waals surface area contributed by atoms with E-state index >= 15 is 0 Å². The van der Waals surface area contributed by atoms with Crippen LogP contribution < -0.4 is 4.74 Å². The highest BCUT2D eigenvalue weighted by atomic mass is 16.5. The first kappa shape index (κ1) is 19.1. The van der Waals surface area contributed by atoms with Gasteiger partial charge in [-0.3, -0.25) is 9.69 Å². The molecule has 27 heavy (non-hydrogen) atoms. The van der Waals surface area contributed by atoms with Crippen LogP contribution >= 0.6 is 0 Å². The Morgan fingerprint density at radius 3 is 2.67 bits per heavy atom. The molecule has 1 aliphatic heterocycles. The summed E-state index contributed by atoms with van der Waals surface area (Å²) in [7, 11) is 0. The lowest BCUT2D eigenvalue weighted by molar-refractivity contribution is 0.0758. The lowest BCUT2D eigenvalue weighted by Gasteiger charge is -2.22. The average molecular weight is 365 g/mol. The van der Waals surface area contributed by atoms with E-state index in [0.717, 1.165) is 39.1 Å². The summed E-state index contributed by atoms with van der Waals surface area (Å²) in [6, 6.07) is 13.0. The van der Waals surface area contributed by atoms with E-state index in [1.165, 1.54) is 5.57 Å². The number of benzene rings is 1. The van der Waals surface area contributed by atoms with Crippen molar-refractivity contribution in [1.82, 2.24) is 14.8 Å². The van der Waals surface area contributed by atoms with Crippen LogP contribution in [0.25, 0.3) is 0 Å². The van der Waals surface area contributed by atoms with E-state index in [1.54, 1.807) is 18.3 Å². The van der Waals surface area contributed by atoms with Crippen molar-refractivity contribution < 1.29 is 9.53 Å². The molecule has 1 fully saturated rings. The fourth-order valence-corrected chi connectivity index (χ4v) is 3.07. The van der Waals surface area contributed by atoms with Gasteiger partial charge in [0.1, 0.15) is 11.3 Å².